The van der Waals surface area contributed by atoms with Crippen molar-refractivity contribution >= 4 is 46.6 Å². The molecule has 0 nitrogen and oxygen atoms in total. The van der Waals surface area contributed by atoms with E-state index in [4.69, 9.17) is 34.8 Å². The van der Waals surface area contributed by atoms with Crippen LogP contribution in [0, 0.1) is 0 Å². The zero-order valence-electron chi connectivity index (χ0n) is 5.90. The first kappa shape index (κ1) is 10.0. The average Bonchev–Trinajstić information content (AvgIpc) is 1.85. The first-order valence-corrected chi connectivity index (χ1v) is 5.49. The smallest absolute Gasteiger partial charge is 0.103 e. The zero-order valence-corrected chi connectivity index (χ0v) is 8.98. The highest BCUT2D eigenvalue weighted by Crippen LogP contribution is 2.44. The number of thioether (sulfide) groups is 1. The molecule has 1 rings (SSSR count). The van der Waals surface area contributed by atoms with E-state index in [9.17, 15) is 0 Å². The lowest BCUT2D eigenvalue weighted by Crippen LogP contribution is -2.10. The normalized spacial score (nSPS) is 25.5. The van der Waals surface area contributed by atoms with Crippen molar-refractivity contribution in [3.8, 4) is 0 Å². The molecule has 1 aliphatic carbocycles. The molecule has 0 aromatic carbocycles. The Bertz CT molecular complexity index is 150. The molecule has 0 saturated carbocycles. The molecule has 0 radical (unpaired) electrons. The molecule has 0 fully saturated rings. The first-order valence-electron chi connectivity index (χ1n) is 3.47. The number of hydrogen-bond acceptors (Lipinski definition) is 1. The second kappa shape index (κ2) is 4.27. The second-order valence-electron chi connectivity index (χ2n) is 2.47. The summed E-state index contributed by atoms with van der Waals surface area (Å²) in [6, 6.07) is 0. The minimum Gasteiger partial charge on any atom is -0.103 e. The Labute approximate surface area is 86.3 Å². The van der Waals surface area contributed by atoms with Crippen molar-refractivity contribution in [3.63, 3.8) is 0 Å². The predicted molar refractivity (Wildman–Crippen MR) is 54.7 cm³/mol. The molecule has 0 heterocycles. The van der Waals surface area contributed by atoms with Gasteiger partial charge in [-0.05, 0) is 19.3 Å². The Hall–Kier alpha value is 0.960. The summed E-state index contributed by atoms with van der Waals surface area (Å²) in [5.41, 5.74) is 0. The van der Waals surface area contributed by atoms with Gasteiger partial charge in [-0.2, -0.15) is 0 Å². The van der Waals surface area contributed by atoms with Crippen LogP contribution in [0.1, 0.15) is 19.3 Å². The van der Waals surface area contributed by atoms with E-state index in [0.717, 1.165) is 19.3 Å². The van der Waals surface area contributed by atoms with Crippen LogP contribution in [0.15, 0.2) is 12.2 Å². The summed E-state index contributed by atoms with van der Waals surface area (Å²) >= 11 is 18.3. The van der Waals surface area contributed by atoms with Gasteiger partial charge >= 0.3 is 0 Å². The Morgan fingerprint density at radius 2 is 2.00 bits per heavy atom. The van der Waals surface area contributed by atoms with E-state index in [1.807, 2.05) is 0 Å². The molecule has 0 spiro atoms. The van der Waals surface area contributed by atoms with Gasteiger partial charge in [-0.15, -0.1) is 11.8 Å². The third-order valence-corrected chi connectivity index (χ3v) is 3.35. The van der Waals surface area contributed by atoms with Crippen LogP contribution in [0.4, 0.5) is 0 Å². The number of halogens is 3. The average molecular weight is 232 g/mol. The number of rotatable bonds is 1. The van der Waals surface area contributed by atoms with Crippen LogP contribution < -0.4 is 0 Å². The van der Waals surface area contributed by atoms with Crippen molar-refractivity contribution in [3.05, 3.63) is 12.2 Å². The minimum absolute atomic E-state index is 0.479. The highest BCUT2D eigenvalue weighted by Gasteiger charge is 2.25. The van der Waals surface area contributed by atoms with Crippen molar-refractivity contribution in [1.82, 2.24) is 0 Å². The van der Waals surface area contributed by atoms with E-state index in [-0.39, 0.29) is 0 Å². The second-order valence-corrected chi connectivity index (χ2v) is 6.94. The molecule has 4 heteroatoms. The summed E-state index contributed by atoms with van der Waals surface area (Å²) in [5, 5.41) is 0.479. The van der Waals surface area contributed by atoms with Crippen molar-refractivity contribution in [2.24, 2.45) is 0 Å². The Kier molecular flexibility index (Phi) is 3.90. The molecule has 11 heavy (non-hydrogen) atoms. The van der Waals surface area contributed by atoms with Gasteiger partial charge in [0, 0.05) is 5.25 Å². The summed E-state index contributed by atoms with van der Waals surface area (Å²) in [6.45, 7) is 0. The van der Waals surface area contributed by atoms with Gasteiger partial charge in [0.1, 0.15) is 0 Å². The molecule has 0 aromatic heterocycles. The molecule has 0 bridgehead atoms. The molecular weight excluding hydrogens is 223 g/mol. The molecule has 0 saturated heterocycles. The lowest BCUT2D eigenvalue weighted by Gasteiger charge is -2.21. The van der Waals surface area contributed by atoms with Gasteiger partial charge in [0.25, 0.3) is 0 Å². The van der Waals surface area contributed by atoms with E-state index in [0.29, 0.717) is 5.25 Å². The zero-order chi connectivity index (χ0) is 8.32. The quantitative estimate of drug-likeness (QED) is 0.482. The van der Waals surface area contributed by atoms with Gasteiger partial charge in [0.15, 0.2) is 0 Å². The van der Waals surface area contributed by atoms with Gasteiger partial charge in [-0.1, -0.05) is 47.0 Å². The molecular formula is C7H9Cl3S. The maximum absolute atomic E-state index is 5.64. The molecule has 0 N–H and O–H groups in total. The van der Waals surface area contributed by atoms with Crippen LogP contribution in [0.5, 0.6) is 0 Å². The third-order valence-electron chi connectivity index (χ3n) is 1.52. The maximum atomic E-state index is 5.64. The van der Waals surface area contributed by atoms with Gasteiger partial charge < -0.3 is 0 Å². The molecule has 0 amide bonds. The van der Waals surface area contributed by atoms with Crippen LogP contribution in [0.3, 0.4) is 0 Å². The fourth-order valence-corrected chi connectivity index (χ4v) is 3.03. The van der Waals surface area contributed by atoms with E-state index in [2.05, 4.69) is 12.2 Å². The summed E-state index contributed by atoms with van der Waals surface area (Å²) in [4.78, 5) is 0. The van der Waals surface area contributed by atoms with E-state index >= 15 is 0 Å². The van der Waals surface area contributed by atoms with Crippen molar-refractivity contribution in [2.45, 2.75) is 27.6 Å². The minimum atomic E-state index is -1.14. The summed E-state index contributed by atoms with van der Waals surface area (Å²) in [5.74, 6) is 0. The van der Waals surface area contributed by atoms with Gasteiger partial charge in [0.2, 0.25) is 3.12 Å². The Balaban J connectivity index is 2.32. The standard InChI is InChI=1S/C7H9Cl3S/c8-7(9,10)11-6-4-2-1-3-5-6/h1-2,6H,3-5H2. The van der Waals surface area contributed by atoms with E-state index in [1.54, 1.807) is 0 Å². The molecule has 1 unspecified atom stereocenters. The fraction of sp³-hybridized carbons (Fsp3) is 0.714. The van der Waals surface area contributed by atoms with Crippen LogP contribution in [-0.4, -0.2) is 8.37 Å². The topological polar surface area (TPSA) is 0 Å². The van der Waals surface area contributed by atoms with Crippen molar-refractivity contribution < 1.29 is 0 Å². The maximum Gasteiger partial charge on any atom is 0.237 e. The van der Waals surface area contributed by atoms with Gasteiger partial charge in [-0.25, -0.2) is 0 Å². The highest BCUT2D eigenvalue weighted by atomic mass is 35.6. The molecule has 1 atom stereocenters. The lowest BCUT2D eigenvalue weighted by atomic mass is 10.1. The largest absolute Gasteiger partial charge is 0.237 e. The van der Waals surface area contributed by atoms with E-state index < -0.39 is 3.12 Å². The summed E-state index contributed by atoms with van der Waals surface area (Å²) in [7, 11) is 0. The monoisotopic (exact) mass is 230 g/mol. The molecule has 0 aromatic rings. The number of allylic oxidation sites excluding steroid dienone is 2. The van der Waals surface area contributed by atoms with E-state index in [1.165, 1.54) is 11.8 Å². The van der Waals surface area contributed by atoms with Gasteiger partial charge in [0.05, 0.1) is 0 Å². The summed E-state index contributed by atoms with van der Waals surface area (Å²) < 4.78 is -1.14. The SMILES string of the molecule is ClC(Cl)(Cl)SC1CC=CCC1. The molecule has 1 aliphatic rings. The van der Waals surface area contributed by atoms with Gasteiger partial charge in [-0.3, -0.25) is 0 Å². The van der Waals surface area contributed by atoms with Crippen LogP contribution >= 0.6 is 46.6 Å². The number of hydrogen-bond donors (Lipinski definition) is 0. The van der Waals surface area contributed by atoms with Crippen LogP contribution in [0.25, 0.3) is 0 Å². The predicted octanol–water partition coefficient (Wildman–Crippen LogP) is 4.16. The lowest BCUT2D eigenvalue weighted by molar-refractivity contribution is 0.748. The van der Waals surface area contributed by atoms with Crippen molar-refractivity contribution in [1.29, 1.82) is 0 Å². The fourth-order valence-electron chi connectivity index (χ4n) is 1.06. The van der Waals surface area contributed by atoms with Crippen molar-refractivity contribution in [2.75, 3.05) is 0 Å². The first-order chi connectivity index (χ1) is 5.08. The molecule has 0 aliphatic heterocycles. The van der Waals surface area contributed by atoms with Crippen LogP contribution in [0.2, 0.25) is 0 Å². The highest BCUT2D eigenvalue weighted by molar-refractivity contribution is 8.05. The Morgan fingerprint density at radius 3 is 2.45 bits per heavy atom. The molecule has 64 valence electrons. The summed E-state index contributed by atoms with van der Waals surface area (Å²) in [6.07, 6.45) is 7.58. The third kappa shape index (κ3) is 4.51. The Morgan fingerprint density at radius 1 is 1.27 bits per heavy atom. The number of alkyl halides is 3. The van der Waals surface area contributed by atoms with Crippen LogP contribution in [-0.2, 0) is 0 Å².